The van der Waals surface area contributed by atoms with Crippen LogP contribution in [0.5, 0.6) is 0 Å². The molecule has 0 spiro atoms. The standard InChI is InChI=1S/C18H16FN3O/c1-13-7-8-14(9-17(13)19)10-20-18(23)15-11-21-22(12-15)16-5-3-2-4-6-16/h2-9,11-12H,10H2,1H3,(H,20,23). The van der Waals surface area contributed by atoms with Crippen LogP contribution in [0.1, 0.15) is 21.5 Å². The molecule has 0 atom stereocenters. The van der Waals surface area contributed by atoms with Gasteiger partial charge in [0.05, 0.1) is 17.4 Å². The van der Waals surface area contributed by atoms with Crippen LogP contribution in [0.2, 0.25) is 0 Å². The Morgan fingerprint density at radius 1 is 1.22 bits per heavy atom. The van der Waals surface area contributed by atoms with E-state index in [0.29, 0.717) is 11.1 Å². The lowest BCUT2D eigenvalue weighted by atomic mass is 10.1. The first-order valence-corrected chi connectivity index (χ1v) is 7.27. The molecule has 1 aromatic heterocycles. The zero-order chi connectivity index (χ0) is 16.2. The van der Waals surface area contributed by atoms with Crippen molar-refractivity contribution in [2.75, 3.05) is 0 Å². The third kappa shape index (κ3) is 3.45. The molecule has 0 aliphatic rings. The van der Waals surface area contributed by atoms with Gasteiger partial charge in [0, 0.05) is 12.7 Å². The lowest BCUT2D eigenvalue weighted by molar-refractivity contribution is 0.0951. The summed E-state index contributed by atoms with van der Waals surface area (Å²) in [6, 6.07) is 14.5. The van der Waals surface area contributed by atoms with Gasteiger partial charge in [0.25, 0.3) is 5.91 Å². The van der Waals surface area contributed by atoms with Crippen LogP contribution in [0.3, 0.4) is 0 Å². The lowest BCUT2D eigenvalue weighted by Crippen LogP contribution is -2.22. The number of benzene rings is 2. The molecule has 0 saturated carbocycles. The topological polar surface area (TPSA) is 46.9 Å². The number of aromatic nitrogens is 2. The molecule has 1 heterocycles. The highest BCUT2D eigenvalue weighted by Crippen LogP contribution is 2.10. The third-order valence-corrected chi connectivity index (χ3v) is 3.55. The summed E-state index contributed by atoms with van der Waals surface area (Å²) in [7, 11) is 0. The summed E-state index contributed by atoms with van der Waals surface area (Å²) in [6.45, 7) is 1.97. The van der Waals surface area contributed by atoms with Gasteiger partial charge < -0.3 is 5.32 Å². The first-order chi connectivity index (χ1) is 11.1. The van der Waals surface area contributed by atoms with Gasteiger partial charge in [-0.2, -0.15) is 5.10 Å². The van der Waals surface area contributed by atoms with Gasteiger partial charge in [0.15, 0.2) is 0 Å². The second-order valence-corrected chi connectivity index (χ2v) is 5.28. The average Bonchev–Trinajstić information content (AvgIpc) is 3.06. The van der Waals surface area contributed by atoms with Crippen molar-refractivity contribution in [3.8, 4) is 5.69 Å². The molecule has 0 aliphatic carbocycles. The number of carbonyl (C=O) groups excluding carboxylic acids is 1. The molecule has 1 N–H and O–H groups in total. The normalized spacial score (nSPS) is 10.5. The van der Waals surface area contributed by atoms with E-state index < -0.39 is 0 Å². The zero-order valence-corrected chi connectivity index (χ0v) is 12.7. The number of halogens is 1. The van der Waals surface area contributed by atoms with Crippen LogP contribution >= 0.6 is 0 Å². The van der Waals surface area contributed by atoms with Crippen LogP contribution in [-0.4, -0.2) is 15.7 Å². The Morgan fingerprint density at radius 2 is 2.00 bits per heavy atom. The Labute approximate surface area is 133 Å². The van der Waals surface area contributed by atoms with Crippen LogP contribution in [0.25, 0.3) is 5.69 Å². The maximum absolute atomic E-state index is 13.5. The van der Waals surface area contributed by atoms with Crippen LogP contribution in [0.4, 0.5) is 4.39 Å². The fourth-order valence-corrected chi connectivity index (χ4v) is 2.19. The molecule has 4 nitrogen and oxygen atoms in total. The predicted octanol–water partition coefficient (Wildman–Crippen LogP) is 3.25. The number of hydrogen-bond acceptors (Lipinski definition) is 2. The molecule has 0 radical (unpaired) electrons. The van der Waals surface area contributed by atoms with E-state index in [-0.39, 0.29) is 18.3 Å². The summed E-state index contributed by atoms with van der Waals surface area (Å²) >= 11 is 0. The van der Waals surface area contributed by atoms with Crippen molar-refractivity contribution in [3.63, 3.8) is 0 Å². The van der Waals surface area contributed by atoms with Crippen molar-refractivity contribution in [2.45, 2.75) is 13.5 Å². The highest BCUT2D eigenvalue weighted by atomic mass is 19.1. The van der Waals surface area contributed by atoms with Gasteiger partial charge >= 0.3 is 0 Å². The summed E-state index contributed by atoms with van der Waals surface area (Å²) in [4.78, 5) is 12.2. The molecule has 5 heteroatoms. The Morgan fingerprint density at radius 3 is 2.74 bits per heavy atom. The van der Waals surface area contributed by atoms with E-state index in [9.17, 15) is 9.18 Å². The Bertz CT molecular complexity index is 827. The summed E-state index contributed by atoms with van der Waals surface area (Å²) in [6.07, 6.45) is 3.18. The maximum atomic E-state index is 13.5. The van der Waals surface area contributed by atoms with Crippen molar-refractivity contribution < 1.29 is 9.18 Å². The van der Waals surface area contributed by atoms with Crippen LogP contribution < -0.4 is 5.32 Å². The quantitative estimate of drug-likeness (QED) is 0.804. The molecule has 0 aliphatic heterocycles. The fourth-order valence-electron chi connectivity index (χ4n) is 2.19. The van der Waals surface area contributed by atoms with Gasteiger partial charge in [-0.05, 0) is 36.2 Å². The fraction of sp³-hybridized carbons (Fsp3) is 0.111. The van der Waals surface area contributed by atoms with Crippen molar-refractivity contribution in [2.24, 2.45) is 0 Å². The molecule has 0 unspecified atom stereocenters. The Kier molecular flexibility index (Phi) is 4.19. The van der Waals surface area contributed by atoms with Crippen molar-refractivity contribution >= 4 is 5.91 Å². The smallest absolute Gasteiger partial charge is 0.254 e. The number of rotatable bonds is 4. The number of nitrogens with zero attached hydrogens (tertiary/aromatic N) is 2. The zero-order valence-electron chi connectivity index (χ0n) is 12.7. The van der Waals surface area contributed by atoms with E-state index in [1.54, 1.807) is 29.9 Å². The van der Waals surface area contributed by atoms with Gasteiger partial charge in [-0.15, -0.1) is 0 Å². The number of hydrogen-bond donors (Lipinski definition) is 1. The van der Waals surface area contributed by atoms with E-state index in [2.05, 4.69) is 10.4 Å². The summed E-state index contributed by atoms with van der Waals surface area (Å²) < 4.78 is 15.1. The molecular formula is C18H16FN3O. The highest BCUT2D eigenvalue weighted by Gasteiger charge is 2.09. The molecule has 23 heavy (non-hydrogen) atoms. The second-order valence-electron chi connectivity index (χ2n) is 5.28. The predicted molar refractivity (Wildman–Crippen MR) is 85.9 cm³/mol. The molecule has 3 aromatic rings. The van der Waals surface area contributed by atoms with E-state index in [4.69, 9.17) is 0 Å². The molecular weight excluding hydrogens is 293 g/mol. The SMILES string of the molecule is Cc1ccc(CNC(=O)c2cnn(-c3ccccc3)c2)cc1F. The second kappa shape index (κ2) is 6.44. The Balaban J connectivity index is 1.67. The minimum atomic E-state index is -0.270. The van der Waals surface area contributed by atoms with E-state index >= 15 is 0 Å². The molecule has 1 amide bonds. The lowest BCUT2D eigenvalue weighted by Gasteiger charge is -2.05. The largest absolute Gasteiger partial charge is 0.348 e. The van der Waals surface area contributed by atoms with Gasteiger partial charge in [-0.1, -0.05) is 30.3 Å². The van der Waals surface area contributed by atoms with Gasteiger partial charge in [0.1, 0.15) is 5.82 Å². The maximum Gasteiger partial charge on any atom is 0.254 e. The monoisotopic (exact) mass is 309 g/mol. The first kappa shape index (κ1) is 15.0. The molecule has 2 aromatic carbocycles. The molecule has 0 saturated heterocycles. The van der Waals surface area contributed by atoms with Gasteiger partial charge in [-0.3, -0.25) is 4.79 Å². The Hall–Kier alpha value is -2.95. The van der Waals surface area contributed by atoms with Crippen molar-refractivity contribution in [3.05, 3.63) is 83.4 Å². The van der Waals surface area contributed by atoms with Crippen molar-refractivity contribution in [1.29, 1.82) is 0 Å². The third-order valence-electron chi connectivity index (χ3n) is 3.55. The summed E-state index contributed by atoms with van der Waals surface area (Å²) in [5.74, 6) is -0.512. The number of para-hydroxylation sites is 1. The number of amides is 1. The summed E-state index contributed by atoms with van der Waals surface area (Å²) in [5, 5.41) is 6.95. The van der Waals surface area contributed by atoms with Crippen molar-refractivity contribution in [1.82, 2.24) is 15.1 Å². The first-order valence-electron chi connectivity index (χ1n) is 7.27. The minimum absolute atomic E-state index is 0.242. The molecule has 3 rings (SSSR count). The number of carbonyl (C=O) groups is 1. The average molecular weight is 309 g/mol. The van der Waals surface area contributed by atoms with E-state index in [1.165, 1.54) is 12.3 Å². The number of aryl methyl sites for hydroxylation is 1. The van der Waals surface area contributed by atoms with Crippen LogP contribution in [0.15, 0.2) is 60.9 Å². The minimum Gasteiger partial charge on any atom is -0.348 e. The van der Waals surface area contributed by atoms with Gasteiger partial charge in [0.2, 0.25) is 0 Å². The molecule has 0 bridgehead atoms. The highest BCUT2D eigenvalue weighted by molar-refractivity contribution is 5.93. The summed E-state index contributed by atoms with van der Waals surface area (Å²) in [5.41, 5.74) is 2.65. The van der Waals surface area contributed by atoms with Gasteiger partial charge in [-0.25, -0.2) is 9.07 Å². The molecule has 0 fully saturated rings. The number of nitrogens with one attached hydrogen (secondary N) is 1. The van der Waals surface area contributed by atoms with Crippen LogP contribution in [-0.2, 0) is 6.54 Å². The van der Waals surface area contributed by atoms with E-state index in [0.717, 1.165) is 11.3 Å². The van der Waals surface area contributed by atoms with E-state index in [1.807, 2.05) is 30.3 Å². The molecule has 116 valence electrons. The van der Waals surface area contributed by atoms with Crippen LogP contribution in [0, 0.1) is 12.7 Å².